The molecule has 0 atom stereocenters. The molecule has 0 aliphatic carbocycles. The molecule has 0 unspecified atom stereocenters. The van der Waals surface area contributed by atoms with Gasteiger partial charge < -0.3 is 0 Å². The van der Waals surface area contributed by atoms with Gasteiger partial charge in [0.1, 0.15) is 0 Å². The Bertz CT molecular complexity index is 7130. The first-order valence-electron chi connectivity index (χ1n) is 39.9. The Labute approximate surface area is 684 Å². The van der Waals surface area contributed by atoms with Crippen molar-refractivity contribution in [3.05, 3.63) is 449 Å². The molecular formula is C112H74N6. The van der Waals surface area contributed by atoms with Crippen molar-refractivity contribution in [2.75, 3.05) is 0 Å². The summed E-state index contributed by atoms with van der Waals surface area (Å²) >= 11 is 0. The maximum absolute atomic E-state index is 5.13. The predicted octanol–water partition coefficient (Wildman–Crippen LogP) is 29.5. The summed E-state index contributed by atoms with van der Waals surface area (Å²) in [5, 5.41) is 11.0. The molecule has 6 heteroatoms. The highest BCUT2D eigenvalue weighted by Gasteiger charge is 2.19. The molecule has 3 aromatic heterocycles. The van der Waals surface area contributed by atoms with E-state index >= 15 is 0 Å². The van der Waals surface area contributed by atoms with Crippen LogP contribution in [0.2, 0.25) is 0 Å². The van der Waals surface area contributed by atoms with Crippen LogP contribution in [0.3, 0.4) is 0 Å². The number of fused-ring (bicyclic) bond motifs is 7. The Kier molecular flexibility index (Phi) is 19.3. The number of para-hydroxylation sites is 5. The van der Waals surface area contributed by atoms with Crippen LogP contribution < -0.4 is 0 Å². The summed E-state index contributed by atoms with van der Waals surface area (Å²) in [5.41, 5.74) is 29.7. The Balaban J connectivity index is 0.000000114. The number of aromatic nitrogens is 6. The highest BCUT2D eigenvalue weighted by molar-refractivity contribution is 6.01. The Morgan fingerprint density at radius 2 is 0.373 bits per heavy atom. The van der Waals surface area contributed by atoms with Crippen molar-refractivity contribution in [2.24, 2.45) is 0 Å². The number of nitrogens with zero attached hydrogens (tertiary/aromatic N) is 6. The van der Waals surface area contributed by atoms with Gasteiger partial charge in [-0.2, -0.15) is 0 Å². The van der Waals surface area contributed by atoms with Crippen molar-refractivity contribution in [3.8, 4) is 134 Å². The van der Waals surface area contributed by atoms with Crippen molar-refractivity contribution in [1.82, 2.24) is 29.9 Å². The molecule has 22 rings (SSSR count). The Morgan fingerprint density at radius 1 is 0.119 bits per heavy atom. The van der Waals surface area contributed by atoms with Crippen LogP contribution in [-0.4, -0.2) is 29.9 Å². The van der Waals surface area contributed by atoms with Crippen LogP contribution in [0.25, 0.3) is 210 Å². The third kappa shape index (κ3) is 14.7. The molecule has 6 nitrogen and oxygen atoms in total. The average Bonchev–Trinajstić information content (AvgIpc) is 0.792. The fourth-order valence-corrected chi connectivity index (χ4v) is 16.1. The van der Waals surface area contributed by atoms with E-state index in [0.29, 0.717) is 0 Å². The normalized spacial score (nSPS) is 11.2. The van der Waals surface area contributed by atoms with Crippen LogP contribution in [0.1, 0.15) is 0 Å². The van der Waals surface area contributed by atoms with E-state index in [1.54, 1.807) is 0 Å². The van der Waals surface area contributed by atoms with Crippen LogP contribution in [0.4, 0.5) is 0 Å². The van der Waals surface area contributed by atoms with Gasteiger partial charge in [-0.15, -0.1) is 0 Å². The zero-order valence-electron chi connectivity index (χ0n) is 64.4. The van der Waals surface area contributed by atoms with E-state index in [0.717, 1.165) is 101 Å². The molecule has 0 aliphatic rings. The number of hydrogen-bond acceptors (Lipinski definition) is 6. The van der Waals surface area contributed by atoms with Crippen LogP contribution in [-0.2, 0) is 0 Å². The summed E-state index contributed by atoms with van der Waals surface area (Å²) in [5.74, 6) is 0.728. The molecule has 118 heavy (non-hydrogen) atoms. The van der Waals surface area contributed by atoms with Crippen LogP contribution >= 0.6 is 0 Å². The van der Waals surface area contributed by atoms with Crippen LogP contribution in [0, 0.1) is 0 Å². The third-order valence-corrected chi connectivity index (χ3v) is 22.3. The quantitative estimate of drug-likeness (QED) is 0.121. The summed E-state index contributed by atoms with van der Waals surface area (Å²) in [6.07, 6.45) is 0. The van der Waals surface area contributed by atoms with Gasteiger partial charge in [-0.05, 0) is 152 Å². The lowest BCUT2D eigenvalue weighted by molar-refractivity contribution is 1.23. The Morgan fingerprint density at radius 3 is 0.754 bits per heavy atom. The van der Waals surface area contributed by atoms with E-state index in [1.807, 2.05) is 66.7 Å². The van der Waals surface area contributed by atoms with E-state index in [2.05, 4.69) is 382 Å². The largest absolute Gasteiger partial charge is 0.244 e. The number of rotatable bonds is 12. The van der Waals surface area contributed by atoms with Gasteiger partial charge in [0.2, 0.25) is 0 Å². The lowest BCUT2D eigenvalue weighted by Crippen LogP contribution is -1.95. The number of benzene rings is 19. The summed E-state index contributed by atoms with van der Waals surface area (Å²) in [6.45, 7) is 0. The first-order valence-corrected chi connectivity index (χ1v) is 39.9. The van der Waals surface area contributed by atoms with Crippen molar-refractivity contribution in [1.29, 1.82) is 0 Å². The van der Waals surface area contributed by atoms with Gasteiger partial charge in [-0.25, -0.2) is 29.9 Å². The monoisotopic (exact) mass is 1500 g/mol. The van der Waals surface area contributed by atoms with Gasteiger partial charge in [0.05, 0.1) is 56.1 Å². The highest BCUT2D eigenvalue weighted by Crippen LogP contribution is 2.40. The molecule has 0 N–H and O–H groups in total. The smallest absolute Gasteiger partial charge is 0.160 e. The summed E-state index contributed by atoms with van der Waals surface area (Å²) < 4.78 is 0. The SMILES string of the molecule is c1ccc(-c2ccc(-c3nc4ccccc4nc3-c3ccc(-c4ccccc4)cc3)cc2)cc1.c1ccc2c(-c3ccc(-c4nc(-c5ccc(-c6cccc7ccccc67)cc5)c5ccccc5n4)cc3)cccc2c1.c1ccc2cc(-c3ccc(-c4nc5ccccc5nc4-c4ccc(-c5ccc6ccccc6c5)cc4)cc3)ccc2c1. The second kappa shape index (κ2) is 32.0. The lowest BCUT2D eigenvalue weighted by atomic mass is 9.96. The molecule has 0 fully saturated rings. The fraction of sp³-hybridized carbons (Fsp3) is 0. The van der Waals surface area contributed by atoms with Gasteiger partial charge in [0.15, 0.2) is 5.82 Å². The van der Waals surface area contributed by atoms with E-state index in [4.69, 9.17) is 29.9 Å². The molecule has 0 saturated heterocycles. The minimum Gasteiger partial charge on any atom is -0.244 e. The minimum atomic E-state index is 0.728. The Hall–Kier alpha value is -15.8. The maximum atomic E-state index is 5.13. The molecule has 0 amide bonds. The second-order valence-electron chi connectivity index (χ2n) is 29.6. The summed E-state index contributed by atoms with van der Waals surface area (Å²) in [4.78, 5) is 30.4. The molecule has 0 bridgehead atoms. The standard InChI is InChI=1S/2C40H26N2.C32H22N2/c1-3-13-33-27(9-1)11-7-16-35(33)29-19-23-31(24-20-29)39-37-15-5-6-18-38(37)41-40(42-39)32-25-21-30(22-26-32)36-17-8-12-28-10-2-4-14-34(28)36;1-3-9-33-25-35(23-17-27(33)7-1)29-13-19-31(20-14-29)39-40(42-38-12-6-5-11-37(38)41-39)32-21-15-30(16-22-32)36-24-18-28-8-2-4-10-34(28)26-36;1-3-9-23(10-4-1)25-15-19-27(20-16-25)31-32(34-30-14-8-7-13-29(30)33-31)28-21-17-26(18-22-28)24-11-5-2-6-12-24/h2*1-26H;1-22H. The molecule has 0 saturated carbocycles. The second-order valence-corrected chi connectivity index (χ2v) is 29.6. The van der Waals surface area contributed by atoms with Gasteiger partial charge in [0.25, 0.3) is 0 Å². The van der Waals surface area contributed by atoms with Crippen LogP contribution in [0.15, 0.2) is 449 Å². The predicted molar refractivity (Wildman–Crippen MR) is 494 cm³/mol. The van der Waals surface area contributed by atoms with Gasteiger partial charge in [0, 0.05) is 38.8 Å². The van der Waals surface area contributed by atoms with Gasteiger partial charge >= 0.3 is 0 Å². The summed E-state index contributed by atoms with van der Waals surface area (Å²) in [7, 11) is 0. The molecule has 0 aliphatic heterocycles. The topological polar surface area (TPSA) is 77.3 Å². The van der Waals surface area contributed by atoms with Crippen molar-refractivity contribution in [2.45, 2.75) is 0 Å². The highest BCUT2D eigenvalue weighted by atomic mass is 14.9. The lowest BCUT2D eigenvalue weighted by Gasteiger charge is -2.12. The van der Waals surface area contributed by atoms with Gasteiger partial charge in [-0.3, -0.25) is 0 Å². The molecule has 19 aromatic carbocycles. The average molecular weight is 1500 g/mol. The minimum absolute atomic E-state index is 0.728. The summed E-state index contributed by atoms with van der Waals surface area (Å²) in [6, 6.07) is 157. The third-order valence-electron chi connectivity index (χ3n) is 22.3. The number of hydrogen-bond donors (Lipinski definition) is 0. The van der Waals surface area contributed by atoms with E-state index in [9.17, 15) is 0 Å². The van der Waals surface area contributed by atoms with Crippen molar-refractivity contribution >= 4 is 76.1 Å². The van der Waals surface area contributed by atoms with E-state index < -0.39 is 0 Å². The fourth-order valence-electron chi connectivity index (χ4n) is 16.1. The first-order chi connectivity index (χ1) is 58.4. The molecular weight excluding hydrogens is 1430 g/mol. The van der Waals surface area contributed by atoms with Crippen molar-refractivity contribution in [3.63, 3.8) is 0 Å². The molecule has 0 radical (unpaired) electrons. The zero-order valence-corrected chi connectivity index (χ0v) is 64.4. The molecule has 552 valence electrons. The zero-order chi connectivity index (χ0) is 78.5. The van der Waals surface area contributed by atoms with Gasteiger partial charge in [-0.1, -0.05) is 406 Å². The van der Waals surface area contributed by atoms with Crippen LogP contribution in [0.5, 0.6) is 0 Å². The molecule has 3 heterocycles. The van der Waals surface area contributed by atoms with E-state index in [-0.39, 0.29) is 0 Å². The van der Waals surface area contributed by atoms with Crippen molar-refractivity contribution < 1.29 is 0 Å². The first kappa shape index (κ1) is 71.3. The van der Waals surface area contributed by atoms with E-state index in [1.165, 1.54) is 110 Å². The molecule has 0 spiro atoms. The molecule has 22 aromatic rings. The maximum Gasteiger partial charge on any atom is 0.160 e.